The van der Waals surface area contributed by atoms with Crippen LogP contribution < -0.4 is 9.64 Å². The van der Waals surface area contributed by atoms with Crippen LogP contribution in [-0.4, -0.2) is 64.5 Å². The molecule has 5 fully saturated rings. The van der Waals surface area contributed by atoms with Crippen LogP contribution in [0, 0.1) is 18.3 Å². The van der Waals surface area contributed by atoms with Crippen LogP contribution in [0.2, 0.25) is 0 Å². The van der Waals surface area contributed by atoms with Crippen molar-refractivity contribution in [2.24, 2.45) is 11.3 Å². The Kier molecular flexibility index (Phi) is 9.46. The molecule has 1 aliphatic heterocycles. The number of aromatic nitrogens is 3. The van der Waals surface area contributed by atoms with E-state index in [4.69, 9.17) is 14.5 Å². The number of methoxy groups -OCH3 is 1. The first-order valence-corrected chi connectivity index (χ1v) is 18.9. The minimum absolute atomic E-state index is 0.0657. The predicted octanol–water partition coefficient (Wildman–Crippen LogP) is 8.43. The molecule has 2 aromatic heterocycles. The zero-order valence-corrected chi connectivity index (χ0v) is 30.7. The summed E-state index contributed by atoms with van der Waals surface area (Å²) in [5.41, 5.74) is 4.80. The molecule has 0 unspecified atom stereocenters. The van der Waals surface area contributed by atoms with Crippen molar-refractivity contribution in [3.63, 3.8) is 0 Å². The first-order chi connectivity index (χ1) is 24.0. The number of amides is 2. The van der Waals surface area contributed by atoms with Gasteiger partial charge in [-0.05, 0) is 150 Å². The summed E-state index contributed by atoms with van der Waals surface area (Å²) in [6.45, 7) is 10.8. The van der Waals surface area contributed by atoms with Crippen molar-refractivity contribution in [1.29, 1.82) is 0 Å². The van der Waals surface area contributed by atoms with Gasteiger partial charge in [0.15, 0.2) is 0 Å². The minimum Gasteiger partial charge on any atom is -0.496 e. The molecule has 3 heterocycles. The molecule has 5 aliphatic rings. The highest BCUT2D eigenvalue weighted by Crippen LogP contribution is 2.58. The van der Waals surface area contributed by atoms with E-state index in [1.54, 1.807) is 7.11 Å². The standard InChI is InChI=1S/C41H55N5O4/c1-29-24-33(10-13-35(29)49-5)41-18-15-40(16-19-41,17-20-41)28-45(36-25-31(14-21-42-36)32-26-43-46(27-32)39(2,3)4)37(47)30-8-11-34(12-9-30)50-38(48)44-22-6-7-23-44/h10,13-14,21,24-27,30,34H,6-9,11-12,15-20,22-23,28H2,1-5H3/t30-,34-,40?,41?. The van der Waals surface area contributed by atoms with Crippen LogP contribution in [0.1, 0.15) is 109 Å². The Morgan fingerprint density at radius 1 is 0.940 bits per heavy atom. The van der Waals surface area contributed by atoms with Crippen LogP contribution >= 0.6 is 0 Å². The summed E-state index contributed by atoms with van der Waals surface area (Å²) >= 11 is 0. The third kappa shape index (κ3) is 6.89. The Bertz CT molecular complexity index is 1670. The SMILES string of the molecule is COc1ccc(C23CCC(CN(c4cc(-c5cnn(C(C)(C)C)c5)ccn4)C(=O)[C@H]4CC[C@H](OC(=O)N5CCCC5)CC4)(CC2)CC3)cc1C. The van der Waals surface area contributed by atoms with Gasteiger partial charge in [-0.15, -0.1) is 0 Å². The number of ether oxygens (including phenoxy) is 2. The highest BCUT2D eigenvalue weighted by atomic mass is 16.6. The molecule has 0 radical (unpaired) electrons. The number of rotatable bonds is 8. The molecule has 0 spiro atoms. The summed E-state index contributed by atoms with van der Waals surface area (Å²) in [7, 11) is 1.74. The van der Waals surface area contributed by atoms with E-state index < -0.39 is 0 Å². The molecule has 3 aromatic rings. The van der Waals surface area contributed by atoms with Crippen molar-refractivity contribution in [2.75, 3.05) is 31.6 Å². The average molecular weight is 682 g/mol. The highest BCUT2D eigenvalue weighted by molar-refractivity contribution is 5.95. The maximum absolute atomic E-state index is 14.7. The lowest BCUT2D eigenvalue weighted by Crippen LogP contribution is -2.52. The number of nitrogens with zero attached hydrogens (tertiary/aromatic N) is 5. The summed E-state index contributed by atoms with van der Waals surface area (Å²) in [6.07, 6.45) is 17.2. The van der Waals surface area contributed by atoms with Crippen molar-refractivity contribution in [2.45, 2.75) is 122 Å². The van der Waals surface area contributed by atoms with Gasteiger partial charge in [0.2, 0.25) is 5.91 Å². The van der Waals surface area contributed by atoms with Crippen LogP contribution in [0.4, 0.5) is 10.6 Å². The largest absolute Gasteiger partial charge is 0.496 e. The number of carbonyl (C=O) groups excluding carboxylic acids is 2. The monoisotopic (exact) mass is 681 g/mol. The zero-order chi connectivity index (χ0) is 35.1. The maximum Gasteiger partial charge on any atom is 0.410 e. The maximum atomic E-state index is 14.7. The summed E-state index contributed by atoms with van der Waals surface area (Å²) in [6, 6.07) is 10.8. The highest BCUT2D eigenvalue weighted by Gasteiger charge is 2.51. The van der Waals surface area contributed by atoms with Gasteiger partial charge in [-0.3, -0.25) is 14.4 Å². The molecule has 2 amide bonds. The molecule has 4 aliphatic carbocycles. The van der Waals surface area contributed by atoms with Gasteiger partial charge in [-0.2, -0.15) is 5.10 Å². The lowest BCUT2D eigenvalue weighted by molar-refractivity contribution is -0.124. The van der Waals surface area contributed by atoms with Crippen molar-refractivity contribution in [1.82, 2.24) is 19.7 Å². The van der Waals surface area contributed by atoms with Crippen molar-refractivity contribution in [3.8, 4) is 16.9 Å². The molecule has 268 valence electrons. The van der Waals surface area contributed by atoms with Crippen LogP contribution in [0.3, 0.4) is 0 Å². The topological polar surface area (TPSA) is 89.8 Å². The van der Waals surface area contributed by atoms with Gasteiger partial charge in [-0.25, -0.2) is 9.78 Å². The fraction of sp³-hybridized carbons (Fsp3) is 0.610. The lowest BCUT2D eigenvalue weighted by Gasteiger charge is -2.55. The zero-order valence-electron chi connectivity index (χ0n) is 30.7. The smallest absolute Gasteiger partial charge is 0.410 e. The molecule has 0 atom stereocenters. The molecule has 8 rings (SSSR count). The number of hydrogen-bond acceptors (Lipinski definition) is 6. The molecule has 1 saturated heterocycles. The number of hydrogen-bond donors (Lipinski definition) is 0. The second-order valence-electron chi connectivity index (χ2n) is 16.7. The number of anilines is 1. The van der Waals surface area contributed by atoms with E-state index in [0.717, 1.165) is 113 Å². The quantitative estimate of drug-likeness (QED) is 0.237. The molecule has 2 bridgehead atoms. The van der Waals surface area contributed by atoms with Gasteiger partial charge >= 0.3 is 6.09 Å². The molecule has 9 heteroatoms. The van der Waals surface area contributed by atoms with E-state index in [1.807, 2.05) is 32.9 Å². The summed E-state index contributed by atoms with van der Waals surface area (Å²) < 4.78 is 13.4. The Morgan fingerprint density at radius 2 is 1.64 bits per heavy atom. The van der Waals surface area contributed by atoms with Gasteiger partial charge in [0, 0.05) is 43.5 Å². The van der Waals surface area contributed by atoms with E-state index in [1.165, 1.54) is 11.1 Å². The fourth-order valence-electron chi connectivity index (χ4n) is 9.10. The number of likely N-dealkylation sites (tertiary alicyclic amines) is 1. The lowest BCUT2D eigenvalue weighted by atomic mass is 9.51. The average Bonchev–Trinajstić information content (AvgIpc) is 3.86. The van der Waals surface area contributed by atoms with E-state index in [2.05, 4.69) is 63.3 Å². The summed E-state index contributed by atoms with van der Waals surface area (Å²) in [5.74, 6) is 1.71. The van der Waals surface area contributed by atoms with E-state index in [0.29, 0.717) is 6.54 Å². The number of aryl methyl sites for hydroxylation is 1. The summed E-state index contributed by atoms with van der Waals surface area (Å²) in [5, 5.41) is 4.64. The van der Waals surface area contributed by atoms with Crippen molar-refractivity contribution in [3.05, 3.63) is 60.0 Å². The van der Waals surface area contributed by atoms with Gasteiger partial charge in [-0.1, -0.05) is 12.1 Å². The second-order valence-corrected chi connectivity index (χ2v) is 16.7. The minimum atomic E-state index is -0.190. The Labute approximate surface area is 297 Å². The molecule has 1 aromatic carbocycles. The van der Waals surface area contributed by atoms with E-state index in [-0.39, 0.29) is 40.4 Å². The molecule has 9 nitrogen and oxygen atoms in total. The second kappa shape index (κ2) is 13.7. The summed E-state index contributed by atoms with van der Waals surface area (Å²) in [4.78, 5) is 36.1. The third-order valence-electron chi connectivity index (χ3n) is 12.4. The van der Waals surface area contributed by atoms with Crippen LogP contribution in [0.5, 0.6) is 5.75 Å². The third-order valence-corrected chi connectivity index (χ3v) is 12.4. The molecular formula is C41H55N5O4. The molecule has 4 saturated carbocycles. The normalized spacial score (nSPS) is 26.5. The number of carbonyl (C=O) groups is 2. The van der Waals surface area contributed by atoms with Crippen molar-refractivity contribution < 1.29 is 19.1 Å². The first-order valence-electron chi connectivity index (χ1n) is 18.9. The van der Waals surface area contributed by atoms with Crippen LogP contribution in [0.25, 0.3) is 11.1 Å². The van der Waals surface area contributed by atoms with E-state index in [9.17, 15) is 9.59 Å². The van der Waals surface area contributed by atoms with E-state index >= 15 is 0 Å². The van der Waals surface area contributed by atoms with Crippen LogP contribution in [-0.2, 0) is 20.5 Å². The molecule has 0 N–H and O–H groups in total. The van der Waals surface area contributed by atoms with Gasteiger partial charge in [0.25, 0.3) is 0 Å². The number of pyridine rings is 1. The first kappa shape index (κ1) is 34.6. The predicted molar refractivity (Wildman–Crippen MR) is 195 cm³/mol. The Hall–Kier alpha value is -3.88. The molecular weight excluding hydrogens is 626 g/mol. The van der Waals surface area contributed by atoms with Gasteiger partial charge in [0.05, 0.1) is 18.8 Å². The van der Waals surface area contributed by atoms with Crippen LogP contribution in [0.15, 0.2) is 48.9 Å². The number of benzene rings is 1. The Balaban J connectivity index is 1.11. The van der Waals surface area contributed by atoms with Crippen molar-refractivity contribution >= 4 is 17.8 Å². The Morgan fingerprint density at radius 3 is 2.26 bits per heavy atom. The number of fused-ring (bicyclic) bond motifs is 3. The van der Waals surface area contributed by atoms with Gasteiger partial charge in [0.1, 0.15) is 17.7 Å². The van der Waals surface area contributed by atoms with Gasteiger partial charge < -0.3 is 14.4 Å². The fourth-order valence-corrected chi connectivity index (χ4v) is 9.10. The molecule has 50 heavy (non-hydrogen) atoms.